The van der Waals surface area contributed by atoms with E-state index in [1.54, 1.807) is 20.0 Å². The molecule has 1 aromatic heterocycles. The molecule has 0 bridgehead atoms. The molecule has 2 aliphatic rings. The molecule has 9 heteroatoms. The molecule has 0 amide bonds. The first kappa shape index (κ1) is 16.1. The first-order valence-electron chi connectivity index (χ1n) is 7.86. The standard InChI is InChI=1S/C17H14N2O7/c1-8-3-14-16(17(21)18(8)2)10(5-15(20)26-14)9-4-12-13(25-7-24-12)6-11(9)19(22)23/h3-4,6,10H,5,7H2,1-2H3/t10-/m0/s1. The number of ether oxygens (including phenoxy) is 3. The fraction of sp³-hybridized carbons (Fsp3) is 0.294. The number of nitro benzene ring substituents is 1. The number of carbonyl (C=O) groups excluding carboxylic acids is 1. The normalized spacial score (nSPS) is 17.6. The Labute approximate surface area is 146 Å². The summed E-state index contributed by atoms with van der Waals surface area (Å²) in [5.41, 5.74) is 0.465. The number of esters is 1. The average Bonchev–Trinajstić information content (AvgIpc) is 3.05. The summed E-state index contributed by atoms with van der Waals surface area (Å²) in [7, 11) is 1.60. The van der Waals surface area contributed by atoms with Crippen LogP contribution in [0.2, 0.25) is 0 Å². The van der Waals surface area contributed by atoms with Crippen molar-refractivity contribution in [3.05, 3.63) is 55.5 Å². The zero-order chi connectivity index (χ0) is 18.6. The van der Waals surface area contributed by atoms with Gasteiger partial charge in [0.2, 0.25) is 6.79 Å². The summed E-state index contributed by atoms with van der Waals surface area (Å²) in [6, 6.07) is 4.31. The molecule has 4 rings (SSSR count). The van der Waals surface area contributed by atoms with Crippen LogP contribution in [-0.2, 0) is 11.8 Å². The van der Waals surface area contributed by atoms with Gasteiger partial charge in [-0.25, -0.2) is 0 Å². The van der Waals surface area contributed by atoms with E-state index in [-0.39, 0.29) is 47.1 Å². The van der Waals surface area contributed by atoms with Gasteiger partial charge in [-0.2, -0.15) is 0 Å². The Bertz CT molecular complexity index is 1020. The van der Waals surface area contributed by atoms with E-state index in [1.165, 1.54) is 16.7 Å². The molecule has 0 N–H and O–H groups in total. The van der Waals surface area contributed by atoms with E-state index >= 15 is 0 Å². The van der Waals surface area contributed by atoms with Crippen molar-refractivity contribution in [2.75, 3.05) is 6.79 Å². The predicted octanol–water partition coefficient (Wildman–Crippen LogP) is 1.77. The number of hydrogen-bond donors (Lipinski definition) is 0. The van der Waals surface area contributed by atoms with E-state index in [4.69, 9.17) is 14.2 Å². The van der Waals surface area contributed by atoms with Crippen LogP contribution >= 0.6 is 0 Å². The Morgan fingerprint density at radius 1 is 1.15 bits per heavy atom. The number of hydrogen-bond acceptors (Lipinski definition) is 7. The molecule has 9 nitrogen and oxygen atoms in total. The second kappa shape index (κ2) is 5.58. The first-order valence-corrected chi connectivity index (χ1v) is 7.86. The van der Waals surface area contributed by atoms with Crippen LogP contribution < -0.4 is 19.8 Å². The SMILES string of the molecule is Cc1cc2c(c(=O)n1C)[C@H](c1cc3c(cc1[N+](=O)[O-])OCO3)CC(=O)O2. The minimum atomic E-state index is -0.805. The summed E-state index contributed by atoms with van der Waals surface area (Å²) >= 11 is 0. The van der Waals surface area contributed by atoms with Gasteiger partial charge in [0.25, 0.3) is 11.2 Å². The maximum atomic E-state index is 12.8. The highest BCUT2D eigenvalue weighted by molar-refractivity contribution is 5.78. The monoisotopic (exact) mass is 358 g/mol. The van der Waals surface area contributed by atoms with Crippen molar-refractivity contribution in [1.29, 1.82) is 0 Å². The van der Waals surface area contributed by atoms with Gasteiger partial charge in [-0.15, -0.1) is 0 Å². The summed E-state index contributed by atoms with van der Waals surface area (Å²) in [6.45, 7) is 1.67. The molecule has 3 heterocycles. The molecule has 0 saturated carbocycles. The van der Waals surface area contributed by atoms with Crippen molar-refractivity contribution in [3.8, 4) is 17.2 Å². The zero-order valence-corrected chi connectivity index (χ0v) is 14.0. The Hall–Kier alpha value is -3.36. The Morgan fingerprint density at radius 3 is 2.54 bits per heavy atom. The molecule has 0 radical (unpaired) electrons. The molecule has 26 heavy (non-hydrogen) atoms. The lowest BCUT2D eigenvalue weighted by Crippen LogP contribution is -2.32. The molecule has 1 atom stereocenters. The number of fused-ring (bicyclic) bond motifs is 2. The lowest BCUT2D eigenvalue weighted by Gasteiger charge is -2.25. The summed E-state index contributed by atoms with van der Waals surface area (Å²) in [5, 5.41) is 11.6. The Kier molecular flexibility index (Phi) is 3.46. The van der Waals surface area contributed by atoms with Crippen LogP contribution in [0.4, 0.5) is 5.69 Å². The van der Waals surface area contributed by atoms with E-state index in [1.807, 2.05) is 0 Å². The third-order valence-electron chi connectivity index (χ3n) is 4.71. The fourth-order valence-corrected chi connectivity index (χ4v) is 3.30. The number of benzene rings is 1. The van der Waals surface area contributed by atoms with Gasteiger partial charge >= 0.3 is 5.97 Å². The van der Waals surface area contributed by atoms with Crippen LogP contribution in [0.3, 0.4) is 0 Å². The molecule has 2 aromatic rings. The van der Waals surface area contributed by atoms with Crippen molar-refractivity contribution >= 4 is 11.7 Å². The third kappa shape index (κ3) is 2.32. The van der Waals surface area contributed by atoms with Crippen molar-refractivity contribution in [2.24, 2.45) is 7.05 Å². The highest BCUT2D eigenvalue weighted by Gasteiger charge is 2.37. The molecular weight excluding hydrogens is 344 g/mol. The molecule has 0 fully saturated rings. The van der Waals surface area contributed by atoms with Crippen molar-refractivity contribution < 1.29 is 23.9 Å². The van der Waals surface area contributed by atoms with Crippen LogP contribution in [0.1, 0.15) is 29.2 Å². The summed E-state index contributed by atoms with van der Waals surface area (Å²) in [6.07, 6.45) is -0.175. The van der Waals surface area contributed by atoms with Gasteiger partial charge in [0.05, 0.1) is 23.0 Å². The minimum absolute atomic E-state index is 0.0415. The van der Waals surface area contributed by atoms with Gasteiger partial charge in [0, 0.05) is 30.3 Å². The first-order chi connectivity index (χ1) is 12.4. The van der Waals surface area contributed by atoms with Gasteiger partial charge < -0.3 is 18.8 Å². The topological polar surface area (TPSA) is 110 Å². The minimum Gasteiger partial charge on any atom is -0.454 e. The largest absolute Gasteiger partial charge is 0.454 e. The van der Waals surface area contributed by atoms with Gasteiger partial charge in [0.1, 0.15) is 5.75 Å². The number of pyridine rings is 1. The molecule has 2 aliphatic heterocycles. The van der Waals surface area contributed by atoms with E-state index in [9.17, 15) is 19.7 Å². The highest BCUT2D eigenvalue weighted by Crippen LogP contribution is 2.45. The van der Waals surface area contributed by atoms with Gasteiger partial charge in [0.15, 0.2) is 11.5 Å². The number of aryl methyl sites for hydroxylation is 1. The molecule has 0 aliphatic carbocycles. The van der Waals surface area contributed by atoms with E-state index in [0.29, 0.717) is 11.4 Å². The van der Waals surface area contributed by atoms with Gasteiger partial charge in [-0.05, 0) is 13.0 Å². The molecule has 0 unspecified atom stereocenters. The summed E-state index contributed by atoms with van der Waals surface area (Å²) < 4.78 is 17.1. The maximum Gasteiger partial charge on any atom is 0.312 e. The van der Waals surface area contributed by atoms with Crippen LogP contribution in [0.5, 0.6) is 17.2 Å². The number of nitrogens with zero attached hydrogens (tertiary/aromatic N) is 2. The molecule has 0 spiro atoms. The average molecular weight is 358 g/mol. The summed E-state index contributed by atoms with van der Waals surface area (Å²) in [5.74, 6) is -0.618. The highest BCUT2D eigenvalue weighted by atomic mass is 16.7. The maximum absolute atomic E-state index is 12.8. The van der Waals surface area contributed by atoms with Crippen LogP contribution in [0.25, 0.3) is 0 Å². The number of nitro groups is 1. The van der Waals surface area contributed by atoms with Crippen molar-refractivity contribution in [3.63, 3.8) is 0 Å². The number of rotatable bonds is 2. The van der Waals surface area contributed by atoms with Crippen molar-refractivity contribution in [2.45, 2.75) is 19.3 Å². The zero-order valence-electron chi connectivity index (χ0n) is 14.0. The Morgan fingerprint density at radius 2 is 1.85 bits per heavy atom. The smallest absolute Gasteiger partial charge is 0.312 e. The van der Waals surface area contributed by atoms with Gasteiger partial charge in [-0.1, -0.05) is 0 Å². The van der Waals surface area contributed by atoms with Gasteiger partial charge in [-0.3, -0.25) is 19.7 Å². The number of carbonyl (C=O) groups is 1. The van der Waals surface area contributed by atoms with Crippen LogP contribution in [0.15, 0.2) is 23.0 Å². The molecule has 1 aromatic carbocycles. The van der Waals surface area contributed by atoms with Crippen LogP contribution in [-0.4, -0.2) is 22.3 Å². The molecular formula is C17H14N2O7. The summed E-state index contributed by atoms with van der Waals surface area (Å²) in [4.78, 5) is 35.9. The predicted molar refractivity (Wildman–Crippen MR) is 87.7 cm³/mol. The van der Waals surface area contributed by atoms with E-state index in [2.05, 4.69) is 0 Å². The van der Waals surface area contributed by atoms with Crippen molar-refractivity contribution in [1.82, 2.24) is 4.57 Å². The molecule has 134 valence electrons. The second-order valence-corrected chi connectivity index (χ2v) is 6.18. The Balaban J connectivity index is 1.98. The third-order valence-corrected chi connectivity index (χ3v) is 4.71. The lowest BCUT2D eigenvalue weighted by atomic mass is 9.85. The van der Waals surface area contributed by atoms with E-state index < -0.39 is 16.8 Å². The lowest BCUT2D eigenvalue weighted by molar-refractivity contribution is -0.385. The quantitative estimate of drug-likeness (QED) is 0.457. The molecule has 0 saturated heterocycles. The second-order valence-electron chi connectivity index (χ2n) is 6.18. The van der Waals surface area contributed by atoms with Crippen LogP contribution in [0, 0.1) is 17.0 Å². The van der Waals surface area contributed by atoms with E-state index in [0.717, 1.165) is 0 Å². The fourth-order valence-electron chi connectivity index (χ4n) is 3.30. The number of aromatic nitrogens is 1.